The molecule has 4 rings (SSSR count). The van der Waals surface area contributed by atoms with Crippen molar-refractivity contribution in [2.75, 3.05) is 26.3 Å². The van der Waals surface area contributed by atoms with Crippen LogP contribution in [0.25, 0.3) is 0 Å². The van der Waals surface area contributed by atoms with Crippen molar-refractivity contribution in [2.24, 2.45) is 0 Å². The lowest BCUT2D eigenvalue weighted by Gasteiger charge is -2.27. The number of aromatic nitrogens is 1. The number of carbonyl (C=O) groups is 1. The Kier molecular flexibility index (Phi) is 5.32. The lowest BCUT2D eigenvalue weighted by molar-refractivity contribution is 0.0123. The summed E-state index contributed by atoms with van der Waals surface area (Å²) in [5.41, 5.74) is 10.3. The topological polar surface area (TPSA) is 46.5 Å². The third-order valence-electron chi connectivity index (χ3n) is 5.79. The number of aryl methyl sites for hydroxylation is 1. The second kappa shape index (κ2) is 7.87. The van der Waals surface area contributed by atoms with Crippen LogP contribution in [0.5, 0.6) is 0 Å². The molecule has 1 aromatic heterocycles. The largest absolute Gasteiger partial charge is 0.379 e. The van der Waals surface area contributed by atoms with Gasteiger partial charge in [0, 0.05) is 25.3 Å². The van der Waals surface area contributed by atoms with Gasteiger partial charge in [0.1, 0.15) is 5.69 Å². The molecular weight excluding hydrogens is 338 g/mol. The van der Waals surface area contributed by atoms with Crippen molar-refractivity contribution in [2.45, 2.75) is 46.1 Å². The molecule has 0 unspecified atom stereocenters. The van der Waals surface area contributed by atoms with Crippen molar-refractivity contribution in [1.82, 2.24) is 15.0 Å². The molecule has 1 aliphatic carbocycles. The van der Waals surface area contributed by atoms with Gasteiger partial charge >= 0.3 is 0 Å². The molecule has 1 saturated heterocycles. The predicted molar refractivity (Wildman–Crippen MR) is 106 cm³/mol. The number of carbonyl (C=O) groups excluding carboxylic acids is 1. The molecular formula is C22H29N3O2. The minimum atomic E-state index is 0.0101. The van der Waals surface area contributed by atoms with Crippen molar-refractivity contribution in [3.05, 3.63) is 57.9 Å². The molecule has 1 N–H and O–H groups in total. The predicted octanol–water partition coefficient (Wildman–Crippen LogP) is 3.01. The maximum absolute atomic E-state index is 13.2. The molecule has 0 radical (unpaired) electrons. The maximum Gasteiger partial charge on any atom is 0.282 e. The molecule has 5 nitrogen and oxygen atoms in total. The zero-order chi connectivity index (χ0) is 18.8. The second-order valence-electron chi connectivity index (χ2n) is 7.72. The van der Waals surface area contributed by atoms with Crippen LogP contribution in [0.4, 0.5) is 0 Å². The van der Waals surface area contributed by atoms with E-state index in [-0.39, 0.29) is 5.91 Å². The Balaban J connectivity index is 1.67. The molecule has 1 amide bonds. The summed E-state index contributed by atoms with van der Waals surface area (Å²) in [7, 11) is 0. The molecule has 1 aliphatic heterocycles. The molecule has 0 bridgehead atoms. The van der Waals surface area contributed by atoms with E-state index in [1.807, 2.05) is 5.01 Å². The van der Waals surface area contributed by atoms with Crippen LogP contribution < -0.4 is 5.43 Å². The number of ether oxygens (including phenoxy) is 1. The van der Waals surface area contributed by atoms with Crippen molar-refractivity contribution in [3.63, 3.8) is 0 Å². The molecule has 2 aliphatic rings. The van der Waals surface area contributed by atoms with Gasteiger partial charge in [-0.15, -0.1) is 0 Å². The number of amides is 1. The van der Waals surface area contributed by atoms with Crippen LogP contribution in [-0.2, 0) is 24.1 Å². The summed E-state index contributed by atoms with van der Waals surface area (Å²) >= 11 is 0. The summed E-state index contributed by atoms with van der Waals surface area (Å²) in [5, 5.41) is 1.98. The van der Waals surface area contributed by atoms with Gasteiger partial charge in [-0.2, -0.15) is 0 Å². The van der Waals surface area contributed by atoms with Crippen LogP contribution in [-0.4, -0.2) is 41.8 Å². The number of morpholine rings is 1. The van der Waals surface area contributed by atoms with E-state index in [1.165, 1.54) is 35.2 Å². The highest BCUT2D eigenvalue weighted by Crippen LogP contribution is 2.30. The van der Waals surface area contributed by atoms with Gasteiger partial charge < -0.3 is 9.30 Å². The first-order valence-electron chi connectivity index (χ1n) is 10.0. The Bertz CT molecular complexity index is 817. The zero-order valence-corrected chi connectivity index (χ0v) is 16.4. The van der Waals surface area contributed by atoms with E-state index in [0.717, 1.165) is 43.7 Å². The minimum Gasteiger partial charge on any atom is -0.379 e. The number of nitrogens with zero attached hydrogens (tertiary/aromatic N) is 2. The molecule has 2 heterocycles. The Labute approximate surface area is 161 Å². The molecule has 2 aromatic rings. The summed E-state index contributed by atoms with van der Waals surface area (Å²) in [6, 6.07) is 8.63. The quantitative estimate of drug-likeness (QED) is 0.904. The normalized spacial score (nSPS) is 17.6. The SMILES string of the molecule is Cc1ccc(Cn2c3c(c(C)c2C(=O)NN2CCOCC2)CCCC3)cc1. The molecule has 0 saturated carbocycles. The molecule has 144 valence electrons. The van der Waals surface area contributed by atoms with Gasteiger partial charge in [0.25, 0.3) is 5.91 Å². The molecule has 0 spiro atoms. The van der Waals surface area contributed by atoms with Crippen LogP contribution in [0, 0.1) is 13.8 Å². The van der Waals surface area contributed by atoms with E-state index in [9.17, 15) is 4.79 Å². The Morgan fingerprint density at radius 2 is 1.78 bits per heavy atom. The lowest BCUT2D eigenvalue weighted by Crippen LogP contribution is -2.48. The lowest BCUT2D eigenvalue weighted by atomic mass is 9.95. The fourth-order valence-corrected chi connectivity index (χ4v) is 4.29. The van der Waals surface area contributed by atoms with Gasteiger partial charge in [-0.1, -0.05) is 29.8 Å². The van der Waals surface area contributed by atoms with Crippen molar-refractivity contribution in [3.8, 4) is 0 Å². The molecule has 1 fully saturated rings. The molecule has 5 heteroatoms. The number of fused-ring (bicyclic) bond motifs is 1. The van der Waals surface area contributed by atoms with Crippen LogP contribution >= 0.6 is 0 Å². The summed E-state index contributed by atoms with van der Waals surface area (Å²) in [6.45, 7) is 7.78. The number of hydrazine groups is 1. The van der Waals surface area contributed by atoms with Gasteiger partial charge in [-0.3, -0.25) is 10.2 Å². The molecule has 27 heavy (non-hydrogen) atoms. The van der Waals surface area contributed by atoms with Gasteiger partial charge in [0.05, 0.1) is 13.2 Å². The number of hydrogen-bond donors (Lipinski definition) is 1. The molecule has 1 aromatic carbocycles. The van der Waals surface area contributed by atoms with Crippen LogP contribution in [0.15, 0.2) is 24.3 Å². The summed E-state index contributed by atoms with van der Waals surface area (Å²) in [6.07, 6.45) is 4.56. The van der Waals surface area contributed by atoms with Gasteiger partial charge in [-0.25, -0.2) is 5.01 Å². The average Bonchev–Trinajstić information content (AvgIpc) is 2.97. The summed E-state index contributed by atoms with van der Waals surface area (Å²) in [4.78, 5) is 13.2. The van der Waals surface area contributed by atoms with Gasteiger partial charge in [0.15, 0.2) is 0 Å². The minimum absolute atomic E-state index is 0.0101. The highest BCUT2D eigenvalue weighted by molar-refractivity contribution is 5.94. The number of hydrogen-bond acceptors (Lipinski definition) is 3. The third kappa shape index (κ3) is 3.80. The standard InChI is InChI=1S/C22H29N3O2/c1-16-7-9-18(10-8-16)15-25-20-6-4-3-5-19(20)17(2)21(25)22(26)23-24-11-13-27-14-12-24/h7-10H,3-6,11-15H2,1-2H3,(H,23,26). The van der Waals surface area contributed by atoms with Crippen LogP contribution in [0.1, 0.15) is 51.3 Å². The second-order valence-corrected chi connectivity index (χ2v) is 7.72. The van der Waals surface area contributed by atoms with Crippen molar-refractivity contribution in [1.29, 1.82) is 0 Å². The van der Waals surface area contributed by atoms with E-state index in [4.69, 9.17) is 4.74 Å². The van der Waals surface area contributed by atoms with Crippen molar-refractivity contribution >= 4 is 5.91 Å². The first-order valence-corrected chi connectivity index (χ1v) is 10.0. The third-order valence-corrected chi connectivity index (χ3v) is 5.79. The van der Waals surface area contributed by atoms with E-state index in [1.54, 1.807) is 0 Å². The molecule has 0 atom stereocenters. The first kappa shape index (κ1) is 18.3. The number of benzene rings is 1. The zero-order valence-electron chi connectivity index (χ0n) is 16.4. The fourth-order valence-electron chi connectivity index (χ4n) is 4.29. The van der Waals surface area contributed by atoms with E-state index < -0.39 is 0 Å². The summed E-state index contributed by atoms with van der Waals surface area (Å²) < 4.78 is 7.66. The maximum atomic E-state index is 13.2. The average molecular weight is 367 g/mol. The van der Waals surface area contributed by atoms with Crippen molar-refractivity contribution < 1.29 is 9.53 Å². The van der Waals surface area contributed by atoms with Gasteiger partial charge in [0.2, 0.25) is 0 Å². The van der Waals surface area contributed by atoms with E-state index in [0.29, 0.717) is 13.2 Å². The Morgan fingerprint density at radius 1 is 1.07 bits per heavy atom. The summed E-state index contributed by atoms with van der Waals surface area (Å²) in [5.74, 6) is 0.0101. The highest BCUT2D eigenvalue weighted by atomic mass is 16.5. The number of rotatable bonds is 4. The van der Waals surface area contributed by atoms with Crippen LogP contribution in [0.2, 0.25) is 0 Å². The fraction of sp³-hybridized carbons (Fsp3) is 0.500. The number of nitrogens with one attached hydrogen (secondary N) is 1. The smallest absolute Gasteiger partial charge is 0.282 e. The van der Waals surface area contributed by atoms with E-state index in [2.05, 4.69) is 48.1 Å². The Hall–Kier alpha value is -2.11. The first-order chi connectivity index (χ1) is 13.1. The highest BCUT2D eigenvalue weighted by Gasteiger charge is 2.27. The van der Waals surface area contributed by atoms with Crippen LogP contribution in [0.3, 0.4) is 0 Å². The van der Waals surface area contributed by atoms with Gasteiger partial charge in [-0.05, 0) is 56.2 Å². The van der Waals surface area contributed by atoms with E-state index >= 15 is 0 Å². The monoisotopic (exact) mass is 367 g/mol. The Morgan fingerprint density at radius 3 is 2.52 bits per heavy atom.